The van der Waals surface area contributed by atoms with Crippen molar-refractivity contribution in [2.45, 2.75) is 39.5 Å². The summed E-state index contributed by atoms with van der Waals surface area (Å²) in [6.07, 6.45) is 1.84. The van der Waals surface area contributed by atoms with Crippen LogP contribution in [-0.4, -0.2) is 24.3 Å². The van der Waals surface area contributed by atoms with Gasteiger partial charge in [-0.05, 0) is 24.0 Å². The molecule has 0 unspecified atom stereocenters. The first-order valence-corrected chi connectivity index (χ1v) is 8.76. The van der Waals surface area contributed by atoms with Gasteiger partial charge in [0.15, 0.2) is 23.3 Å². The van der Waals surface area contributed by atoms with Crippen LogP contribution in [0.15, 0.2) is 24.3 Å². The topological polar surface area (TPSA) is 49.7 Å². The van der Waals surface area contributed by atoms with Gasteiger partial charge >= 0.3 is 14.2 Å². The van der Waals surface area contributed by atoms with Crippen molar-refractivity contribution in [3.05, 3.63) is 58.7 Å². The largest absolute Gasteiger partial charge is 0.480 e. The number of halogens is 4. The van der Waals surface area contributed by atoms with Crippen LogP contribution < -0.4 is 10.9 Å². The van der Waals surface area contributed by atoms with Crippen molar-refractivity contribution in [2.75, 3.05) is 0 Å². The monoisotopic (exact) mass is 382 g/mol. The molecule has 2 rings (SSSR count). The van der Waals surface area contributed by atoms with Crippen molar-refractivity contribution in [2.24, 2.45) is 0 Å². The highest BCUT2D eigenvalue weighted by Gasteiger charge is 2.32. The van der Waals surface area contributed by atoms with Gasteiger partial charge in [-0.15, -0.1) is 0 Å². The summed E-state index contributed by atoms with van der Waals surface area (Å²) < 4.78 is 61.1. The highest BCUT2D eigenvalue weighted by molar-refractivity contribution is 6.73. The van der Waals surface area contributed by atoms with E-state index in [1.807, 2.05) is 0 Å². The first-order chi connectivity index (χ1) is 12.8. The molecule has 0 heterocycles. The predicted molar refractivity (Wildman–Crippen MR) is 97.0 cm³/mol. The molecule has 0 aromatic heterocycles. The quantitative estimate of drug-likeness (QED) is 0.544. The lowest BCUT2D eigenvalue weighted by Crippen LogP contribution is -2.47. The molecule has 0 aliphatic carbocycles. The summed E-state index contributed by atoms with van der Waals surface area (Å²) in [5, 5.41) is 19.9. The summed E-state index contributed by atoms with van der Waals surface area (Å²) in [6.45, 7) is 3.61. The molecule has 144 valence electrons. The molecule has 0 atom stereocenters. The van der Waals surface area contributed by atoms with Gasteiger partial charge in [0.1, 0.15) is 0 Å². The molecule has 27 heavy (non-hydrogen) atoms. The molecule has 2 aromatic rings. The van der Waals surface area contributed by atoms with Gasteiger partial charge in [0.05, 0.1) is 0 Å². The highest BCUT2D eigenvalue weighted by Crippen LogP contribution is 2.14. The molecule has 2 aromatic carbocycles. The molecule has 0 fully saturated rings. The smallest absolute Gasteiger partial charge is 0.443 e. The minimum absolute atomic E-state index is 0.145. The Hall–Kier alpha value is -1.83. The number of hydrogen-bond acceptors (Lipinski definition) is 3. The van der Waals surface area contributed by atoms with Gasteiger partial charge in [0, 0.05) is 10.9 Å². The maximum Gasteiger partial charge on any atom is 0.480 e. The fraction of sp³-hybridized carbons (Fsp3) is 0.333. The standard InChI is InChI=1S/C18H20B2F4O3/c1-3-5-11-7-9-13(17(23)15(11)21)19(25)27-20(26)14-10-8-12(6-4-2)16(22)18(14)24/h7-10,25-26H,3-6H2,1-2H3. The van der Waals surface area contributed by atoms with E-state index < -0.39 is 48.4 Å². The van der Waals surface area contributed by atoms with Crippen molar-refractivity contribution in [3.63, 3.8) is 0 Å². The van der Waals surface area contributed by atoms with Crippen molar-refractivity contribution in [1.82, 2.24) is 0 Å². The normalized spacial score (nSPS) is 11.0. The molecular weight excluding hydrogens is 362 g/mol. The molecule has 9 heteroatoms. The van der Waals surface area contributed by atoms with Crippen molar-refractivity contribution >= 4 is 25.2 Å². The van der Waals surface area contributed by atoms with Crippen LogP contribution in [0.3, 0.4) is 0 Å². The summed E-state index contributed by atoms with van der Waals surface area (Å²) in [5.74, 6) is -4.86. The first kappa shape index (κ1) is 21.5. The van der Waals surface area contributed by atoms with Crippen LogP contribution in [0.2, 0.25) is 0 Å². The molecular formula is C18H20B2F4O3. The second-order valence-electron chi connectivity index (χ2n) is 6.22. The van der Waals surface area contributed by atoms with Crippen LogP contribution in [-0.2, 0) is 17.4 Å². The minimum atomic E-state index is -2.07. The maximum atomic E-state index is 14.1. The Labute approximate surface area is 156 Å². The Kier molecular flexibility index (Phi) is 7.47. The van der Waals surface area contributed by atoms with E-state index in [2.05, 4.69) is 0 Å². The van der Waals surface area contributed by atoms with Crippen LogP contribution >= 0.6 is 0 Å². The average molecular weight is 382 g/mol. The third-order valence-electron chi connectivity index (χ3n) is 4.21. The molecule has 0 saturated heterocycles. The number of rotatable bonds is 8. The SMILES string of the molecule is CCCc1ccc(B(O)OB(O)c2ccc(CCC)c(F)c2F)c(F)c1F. The molecule has 0 aliphatic heterocycles. The second-order valence-corrected chi connectivity index (χ2v) is 6.22. The molecule has 0 aliphatic rings. The summed E-state index contributed by atoms with van der Waals surface area (Å²) in [6, 6.07) is 4.86. The van der Waals surface area contributed by atoms with E-state index in [0.29, 0.717) is 25.7 Å². The van der Waals surface area contributed by atoms with Crippen LogP contribution in [0, 0.1) is 23.3 Å². The highest BCUT2D eigenvalue weighted by atomic mass is 19.2. The molecule has 0 amide bonds. The molecule has 0 radical (unpaired) electrons. The van der Waals surface area contributed by atoms with Crippen LogP contribution in [0.5, 0.6) is 0 Å². The van der Waals surface area contributed by atoms with Gasteiger partial charge < -0.3 is 14.6 Å². The fourth-order valence-corrected chi connectivity index (χ4v) is 2.78. The van der Waals surface area contributed by atoms with Crippen molar-refractivity contribution in [3.8, 4) is 0 Å². The number of aryl methyl sites for hydroxylation is 2. The Morgan fingerprint density at radius 1 is 0.704 bits per heavy atom. The molecule has 0 spiro atoms. The summed E-state index contributed by atoms with van der Waals surface area (Å²) >= 11 is 0. The van der Waals surface area contributed by atoms with E-state index in [1.165, 1.54) is 12.1 Å². The van der Waals surface area contributed by atoms with Gasteiger partial charge in [-0.2, -0.15) is 0 Å². The summed E-state index contributed by atoms with van der Waals surface area (Å²) in [5.41, 5.74) is -0.804. The van der Waals surface area contributed by atoms with E-state index in [4.69, 9.17) is 4.57 Å². The van der Waals surface area contributed by atoms with Crippen LogP contribution in [0.1, 0.15) is 37.8 Å². The molecule has 0 saturated carbocycles. The summed E-state index contributed by atoms with van der Waals surface area (Å²) in [7, 11) is -4.13. The lowest BCUT2D eigenvalue weighted by molar-refractivity contribution is 0.373. The van der Waals surface area contributed by atoms with E-state index in [-0.39, 0.29) is 11.1 Å². The van der Waals surface area contributed by atoms with Crippen LogP contribution in [0.4, 0.5) is 17.6 Å². The summed E-state index contributed by atoms with van der Waals surface area (Å²) in [4.78, 5) is 0. The van der Waals surface area contributed by atoms with Crippen molar-refractivity contribution in [1.29, 1.82) is 0 Å². The van der Waals surface area contributed by atoms with E-state index in [0.717, 1.165) is 12.1 Å². The lowest BCUT2D eigenvalue weighted by Gasteiger charge is -2.15. The second kappa shape index (κ2) is 9.39. The average Bonchev–Trinajstić information content (AvgIpc) is 2.63. The van der Waals surface area contributed by atoms with Gasteiger partial charge in [-0.1, -0.05) is 51.0 Å². The molecule has 3 nitrogen and oxygen atoms in total. The predicted octanol–water partition coefficient (Wildman–Crippen LogP) is 2.24. The van der Waals surface area contributed by atoms with E-state index in [1.54, 1.807) is 13.8 Å². The zero-order chi connectivity index (χ0) is 20.1. The zero-order valence-corrected chi connectivity index (χ0v) is 15.1. The maximum absolute atomic E-state index is 14.1. The minimum Gasteiger partial charge on any atom is -0.443 e. The lowest BCUT2D eigenvalue weighted by atomic mass is 9.70. The number of hydrogen-bond donors (Lipinski definition) is 2. The number of benzene rings is 2. The zero-order valence-electron chi connectivity index (χ0n) is 15.1. The fourth-order valence-electron chi connectivity index (χ4n) is 2.78. The van der Waals surface area contributed by atoms with E-state index in [9.17, 15) is 27.6 Å². The Bertz CT molecular complexity index is 739. The van der Waals surface area contributed by atoms with Crippen LogP contribution in [0.25, 0.3) is 0 Å². The Balaban J connectivity index is 2.22. The van der Waals surface area contributed by atoms with E-state index >= 15 is 0 Å². The van der Waals surface area contributed by atoms with Crippen molar-refractivity contribution < 1.29 is 32.2 Å². The Morgan fingerprint density at radius 3 is 1.41 bits per heavy atom. The Morgan fingerprint density at radius 2 is 1.07 bits per heavy atom. The third kappa shape index (κ3) is 4.72. The van der Waals surface area contributed by atoms with Gasteiger partial charge in [-0.25, -0.2) is 17.6 Å². The van der Waals surface area contributed by atoms with Gasteiger partial charge in [0.25, 0.3) is 0 Å². The molecule has 2 N–H and O–H groups in total. The molecule has 0 bridgehead atoms. The third-order valence-corrected chi connectivity index (χ3v) is 4.21. The first-order valence-electron chi connectivity index (χ1n) is 8.76. The van der Waals surface area contributed by atoms with Gasteiger partial charge in [0.2, 0.25) is 0 Å². The van der Waals surface area contributed by atoms with Gasteiger partial charge in [-0.3, -0.25) is 0 Å².